The molecule has 2 heterocycles. The average Bonchev–Trinajstić information content (AvgIpc) is 2.89. The lowest BCUT2D eigenvalue weighted by Gasteiger charge is -2.08. The van der Waals surface area contributed by atoms with Crippen LogP contribution in [0.2, 0.25) is 10.0 Å². The predicted octanol–water partition coefficient (Wildman–Crippen LogP) is 4.25. The lowest BCUT2D eigenvalue weighted by molar-refractivity contribution is 0.0857. The third kappa shape index (κ3) is 2.44. The largest absolute Gasteiger partial charge is 0.387 e. The highest BCUT2D eigenvalue weighted by Gasteiger charge is 2.26. The average molecular weight is 293 g/mol. The summed E-state index contributed by atoms with van der Waals surface area (Å²) in [5.41, 5.74) is 2.57. The molecule has 0 bridgehead atoms. The van der Waals surface area contributed by atoms with Crippen LogP contribution in [0.1, 0.15) is 23.7 Å². The molecule has 0 aliphatic carbocycles. The third-order valence-corrected chi connectivity index (χ3v) is 3.63. The molecule has 3 rings (SSSR count). The summed E-state index contributed by atoms with van der Waals surface area (Å²) in [5.74, 6) is 0. The van der Waals surface area contributed by atoms with Crippen LogP contribution in [0.5, 0.6) is 0 Å². The van der Waals surface area contributed by atoms with Crippen molar-refractivity contribution in [2.24, 2.45) is 5.16 Å². The topological polar surface area (TPSA) is 34.5 Å². The Morgan fingerprint density at radius 3 is 2.42 bits per heavy atom. The van der Waals surface area contributed by atoms with Crippen LogP contribution >= 0.6 is 23.2 Å². The quantitative estimate of drug-likeness (QED) is 0.829. The number of hydrogen-bond acceptors (Lipinski definition) is 3. The van der Waals surface area contributed by atoms with Gasteiger partial charge in [0.15, 0.2) is 6.10 Å². The molecule has 0 saturated heterocycles. The zero-order chi connectivity index (χ0) is 13.2. The van der Waals surface area contributed by atoms with Gasteiger partial charge in [-0.1, -0.05) is 34.4 Å². The fourth-order valence-corrected chi connectivity index (χ4v) is 2.67. The molecule has 0 amide bonds. The summed E-state index contributed by atoms with van der Waals surface area (Å²) in [6, 6.07) is 9.23. The van der Waals surface area contributed by atoms with Crippen molar-refractivity contribution in [1.29, 1.82) is 0 Å². The summed E-state index contributed by atoms with van der Waals surface area (Å²) in [7, 11) is 0. The minimum Gasteiger partial charge on any atom is -0.387 e. The molecule has 19 heavy (non-hydrogen) atoms. The Balaban J connectivity index is 1.87. The first-order valence-corrected chi connectivity index (χ1v) is 6.58. The Morgan fingerprint density at radius 1 is 1.05 bits per heavy atom. The van der Waals surface area contributed by atoms with Crippen molar-refractivity contribution in [1.82, 2.24) is 4.98 Å². The molecule has 3 nitrogen and oxygen atoms in total. The van der Waals surface area contributed by atoms with Crippen LogP contribution in [0.3, 0.4) is 0 Å². The number of hydrogen-bond donors (Lipinski definition) is 0. The first kappa shape index (κ1) is 12.5. The Labute approximate surface area is 120 Å². The molecule has 0 saturated carbocycles. The van der Waals surface area contributed by atoms with Crippen LogP contribution in [0.4, 0.5) is 0 Å². The monoisotopic (exact) mass is 292 g/mol. The summed E-state index contributed by atoms with van der Waals surface area (Å²) in [4.78, 5) is 9.45. The molecule has 1 unspecified atom stereocenters. The lowest BCUT2D eigenvalue weighted by atomic mass is 10.0. The molecule has 0 fully saturated rings. The number of pyridine rings is 1. The van der Waals surface area contributed by atoms with Gasteiger partial charge in [0, 0.05) is 24.4 Å². The van der Waals surface area contributed by atoms with Gasteiger partial charge in [-0.3, -0.25) is 4.98 Å². The normalized spacial score (nSPS) is 18.0. The highest BCUT2D eigenvalue weighted by Crippen LogP contribution is 2.34. The third-order valence-electron chi connectivity index (χ3n) is 3.00. The molecule has 1 atom stereocenters. The second-order valence-corrected chi connectivity index (χ2v) is 5.03. The smallest absolute Gasteiger partial charge is 0.158 e. The van der Waals surface area contributed by atoms with Crippen LogP contribution in [-0.2, 0) is 4.84 Å². The summed E-state index contributed by atoms with van der Waals surface area (Å²) in [5, 5.41) is 5.29. The fraction of sp³-hybridized carbons (Fsp3) is 0.143. The van der Waals surface area contributed by atoms with Gasteiger partial charge >= 0.3 is 0 Å². The van der Waals surface area contributed by atoms with E-state index in [-0.39, 0.29) is 6.10 Å². The van der Waals surface area contributed by atoms with Crippen LogP contribution in [0, 0.1) is 0 Å². The molecule has 1 aliphatic rings. The second-order valence-electron chi connectivity index (χ2n) is 4.21. The van der Waals surface area contributed by atoms with Gasteiger partial charge in [0.1, 0.15) is 0 Å². The Bertz CT molecular complexity index is 608. The van der Waals surface area contributed by atoms with Gasteiger partial charge in [0.25, 0.3) is 0 Å². The summed E-state index contributed by atoms with van der Waals surface area (Å²) in [6.07, 6.45) is 4.01. The maximum atomic E-state index is 6.17. The van der Waals surface area contributed by atoms with Crippen molar-refractivity contribution in [2.75, 3.05) is 0 Å². The van der Waals surface area contributed by atoms with E-state index in [0.29, 0.717) is 16.5 Å². The van der Waals surface area contributed by atoms with Crippen LogP contribution in [0.15, 0.2) is 47.9 Å². The standard InChI is InChI=1S/C14H10Cl2N2O/c15-10-2-1-3-11(16)14(10)12-8-13(19-18-12)9-4-6-17-7-5-9/h1-7,13H,8H2. The molecule has 0 N–H and O–H groups in total. The number of halogens is 2. The van der Waals surface area contributed by atoms with Crippen LogP contribution < -0.4 is 0 Å². The summed E-state index contributed by atoms with van der Waals surface area (Å²) in [6.45, 7) is 0. The van der Waals surface area contributed by atoms with E-state index in [1.807, 2.05) is 18.2 Å². The number of rotatable bonds is 2. The van der Waals surface area contributed by atoms with Gasteiger partial charge in [-0.25, -0.2) is 0 Å². The Morgan fingerprint density at radius 2 is 1.74 bits per heavy atom. The van der Waals surface area contributed by atoms with Gasteiger partial charge in [-0.15, -0.1) is 0 Å². The zero-order valence-corrected chi connectivity index (χ0v) is 11.4. The molecule has 0 radical (unpaired) electrons. The molecule has 0 spiro atoms. The van der Waals surface area contributed by atoms with Gasteiger partial charge in [-0.05, 0) is 29.8 Å². The molecule has 1 aromatic heterocycles. The summed E-state index contributed by atoms with van der Waals surface area (Å²) >= 11 is 12.3. The first-order chi connectivity index (χ1) is 9.25. The van der Waals surface area contributed by atoms with E-state index in [1.54, 1.807) is 24.5 Å². The van der Waals surface area contributed by atoms with E-state index >= 15 is 0 Å². The van der Waals surface area contributed by atoms with Gasteiger partial charge in [0.05, 0.1) is 15.8 Å². The number of nitrogens with zero attached hydrogens (tertiary/aromatic N) is 2. The van der Waals surface area contributed by atoms with Crippen molar-refractivity contribution >= 4 is 28.9 Å². The first-order valence-electron chi connectivity index (χ1n) is 5.82. The molecule has 2 aromatic rings. The molecule has 96 valence electrons. The van der Waals surface area contributed by atoms with E-state index in [9.17, 15) is 0 Å². The van der Waals surface area contributed by atoms with Gasteiger partial charge < -0.3 is 4.84 Å². The minimum atomic E-state index is -0.106. The molecular weight excluding hydrogens is 283 g/mol. The lowest BCUT2D eigenvalue weighted by Crippen LogP contribution is -2.03. The highest BCUT2D eigenvalue weighted by molar-refractivity contribution is 6.40. The molecule has 5 heteroatoms. The van der Waals surface area contributed by atoms with E-state index in [2.05, 4.69) is 10.1 Å². The van der Waals surface area contributed by atoms with Crippen molar-refractivity contribution in [3.05, 3.63) is 63.9 Å². The van der Waals surface area contributed by atoms with E-state index in [4.69, 9.17) is 28.0 Å². The highest BCUT2D eigenvalue weighted by atomic mass is 35.5. The Hall–Kier alpha value is -1.58. The minimum absolute atomic E-state index is 0.106. The van der Waals surface area contributed by atoms with Crippen molar-refractivity contribution in [2.45, 2.75) is 12.5 Å². The second kappa shape index (κ2) is 5.19. The predicted molar refractivity (Wildman–Crippen MR) is 75.7 cm³/mol. The van der Waals surface area contributed by atoms with E-state index in [1.165, 1.54) is 0 Å². The van der Waals surface area contributed by atoms with Crippen molar-refractivity contribution < 1.29 is 4.84 Å². The zero-order valence-electron chi connectivity index (χ0n) is 9.88. The molecular formula is C14H10Cl2N2O. The Kier molecular flexibility index (Phi) is 3.40. The van der Waals surface area contributed by atoms with E-state index < -0.39 is 0 Å². The van der Waals surface area contributed by atoms with Gasteiger partial charge in [-0.2, -0.15) is 0 Å². The van der Waals surface area contributed by atoms with Crippen LogP contribution in [-0.4, -0.2) is 10.7 Å². The fourth-order valence-electron chi connectivity index (χ4n) is 2.06. The SMILES string of the molecule is Clc1cccc(Cl)c1C1=NOC(c2ccncc2)C1. The van der Waals surface area contributed by atoms with Crippen LogP contribution in [0.25, 0.3) is 0 Å². The van der Waals surface area contributed by atoms with Crippen molar-refractivity contribution in [3.63, 3.8) is 0 Å². The maximum Gasteiger partial charge on any atom is 0.158 e. The number of aromatic nitrogens is 1. The number of benzene rings is 1. The van der Waals surface area contributed by atoms with Crippen molar-refractivity contribution in [3.8, 4) is 0 Å². The maximum absolute atomic E-state index is 6.17. The van der Waals surface area contributed by atoms with Gasteiger partial charge in [0.2, 0.25) is 0 Å². The van der Waals surface area contributed by atoms with E-state index in [0.717, 1.165) is 16.8 Å². The number of oxime groups is 1. The summed E-state index contributed by atoms with van der Waals surface area (Å²) < 4.78 is 0. The molecule has 1 aromatic carbocycles. The molecule has 1 aliphatic heterocycles.